The summed E-state index contributed by atoms with van der Waals surface area (Å²) in [4.78, 5) is 11.7. The van der Waals surface area contributed by atoms with Gasteiger partial charge in [-0.3, -0.25) is 0 Å². The van der Waals surface area contributed by atoms with Crippen LogP contribution in [0, 0.1) is 0 Å². The van der Waals surface area contributed by atoms with Gasteiger partial charge in [-0.25, -0.2) is 4.79 Å². The number of para-hydroxylation sites is 1. The number of carbonyl (C=O) groups excluding carboxylic acids is 1. The Labute approximate surface area is 127 Å². The summed E-state index contributed by atoms with van der Waals surface area (Å²) in [5.41, 5.74) is 0.385. The van der Waals surface area contributed by atoms with E-state index in [0.29, 0.717) is 16.3 Å². The highest BCUT2D eigenvalue weighted by Gasteiger charge is 2.11. The maximum atomic E-state index is 11.7. The molecule has 0 aliphatic carbocycles. The fourth-order valence-electron chi connectivity index (χ4n) is 1.60. The number of hydrogen-bond donors (Lipinski definition) is 1. The SMILES string of the molecule is O=C(OCC(O)COc1ccccc1)c1ccc(Cl)cc1. The number of carbonyl (C=O) groups is 1. The first kappa shape index (κ1) is 15.4. The van der Waals surface area contributed by atoms with Crippen LogP contribution in [0.25, 0.3) is 0 Å². The van der Waals surface area contributed by atoms with Gasteiger partial charge in [-0.05, 0) is 36.4 Å². The van der Waals surface area contributed by atoms with Gasteiger partial charge in [-0.2, -0.15) is 0 Å². The Balaban J connectivity index is 1.74. The molecule has 0 bridgehead atoms. The molecule has 2 rings (SSSR count). The molecule has 0 aliphatic rings. The summed E-state index contributed by atoms with van der Waals surface area (Å²) in [6.45, 7) is -0.0772. The van der Waals surface area contributed by atoms with Gasteiger partial charge in [0, 0.05) is 5.02 Å². The van der Waals surface area contributed by atoms with Gasteiger partial charge in [0.2, 0.25) is 0 Å². The van der Waals surface area contributed by atoms with Crippen LogP contribution in [-0.2, 0) is 4.74 Å². The Kier molecular flexibility index (Phi) is 5.60. The Hall–Kier alpha value is -2.04. The predicted octanol–water partition coefficient (Wildman–Crippen LogP) is 2.94. The Bertz CT molecular complexity index is 569. The molecule has 2 aromatic rings. The van der Waals surface area contributed by atoms with Gasteiger partial charge < -0.3 is 14.6 Å². The normalized spacial score (nSPS) is 11.7. The number of halogens is 1. The molecular weight excluding hydrogens is 292 g/mol. The van der Waals surface area contributed by atoms with Crippen molar-refractivity contribution in [1.29, 1.82) is 0 Å². The Morgan fingerprint density at radius 3 is 2.38 bits per heavy atom. The lowest BCUT2D eigenvalue weighted by Crippen LogP contribution is -2.25. The zero-order valence-electron chi connectivity index (χ0n) is 11.2. The Morgan fingerprint density at radius 1 is 1.05 bits per heavy atom. The standard InChI is InChI=1S/C16H15ClO4/c17-13-8-6-12(7-9-13)16(19)21-11-14(18)10-20-15-4-2-1-3-5-15/h1-9,14,18H,10-11H2. The van der Waals surface area contributed by atoms with Crippen molar-refractivity contribution in [2.75, 3.05) is 13.2 Å². The van der Waals surface area contributed by atoms with E-state index in [0.717, 1.165) is 0 Å². The van der Waals surface area contributed by atoms with E-state index in [1.807, 2.05) is 18.2 Å². The van der Waals surface area contributed by atoms with E-state index in [4.69, 9.17) is 21.1 Å². The molecule has 2 aromatic carbocycles. The number of aliphatic hydroxyl groups is 1. The number of hydrogen-bond acceptors (Lipinski definition) is 4. The van der Waals surface area contributed by atoms with Gasteiger partial charge in [0.25, 0.3) is 0 Å². The summed E-state index contributed by atoms with van der Waals surface area (Å²) in [7, 11) is 0. The number of aliphatic hydroxyl groups excluding tert-OH is 1. The van der Waals surface area contributed by atoms with Crippen molar-refractivity contribution >= 4 is 17.6 Å². The third-order valence-corrected chi connectivity index (χ3v) is 2.92. The highest BCUT2D eigenvalue weighted by atomic mass is 35.5. The van der Waals surface area contributed by atoms with Crippen LogP contribution < -0.4 is 4.74 Å². The van der Waals surface area contributed by atoms with E-state index in [1.165, 1.54) is 0 Å². The molecule has 0 radical (unpaired) electrons. The van der Waals surface area contributed by atoms with Gasteiger partial charge in [-0.15, -0.1) is 0 Å². The van der Waals surface area contributed by atoms with E-state index in [2.05, 4.69) is 0 Å². The van der Waals surface area contributed by atoms with Gasteiger partial charge in [0.15, 0.2) is 0 Å². The summed E-state index contributed by atoms with van der Waals surface area (Å²) in [5.74, 6) is 0.144. The largest absolute Gasteiger partial charge is 0.491 e. The lowest BCUT2D eigenvalue weighted by Gasteiger charge is -2.12. The molecule has 0 heterocycles. The second-order valence-corrected chi connectivity index (χ2v) is 4.82. The lowest BCUT2D eigenvalue weighted by molar-refractivity contribution is 0.0130. The second-order valence-electron chi connectivity index (χ2n) is 4.38. The van der Waals surface area contributed by atoms with Crippen molar-refractivity contribution in [3.05, 3.63) is 65.2 Å². The van der Waals surface area contributed by atoms with E-state index in [9.17, 15) is 9.90 Å². The molecule has 1 N–H and O–H groups in total. The molecule has 110 valence electrons. The summed E-state index contributed by atoms with van der Waals surface area (Å²) in [5, 5.41) is 10.3. The molecule has 0 amide bonds. The molecule has 1 atom stereocenters. The molecule has 4 nitrogen and oxygen atoms in total. The summed E-state index contributed by atoms with van der Waals surface area (Å²) in [6.07, 6.45) is -0.888. The van der Waals surface area contributed by atoms with Crippen LogP contribution in [0.5, 0.6) is 5.75 Å². The number of rotatable bonds is 6. The summed E-state index contributed by atoms with van der Waals surface area (Å²) in [6, 6.07) is 15.5. The predicted molar refractivity (Wildman–Crippen MR) is 79.7 cm³/mol. The summed E-state index contributed by atoms with van der Waals surface area (Å²) < 4.78 is 10.4. The first-order chi connectivity index (χ1) is 10.1. The average Bonchev–Trinajstić information content (AvgIpc) is 2.52. The minimum absolute atomic E-state index is 0.0535. The van der Waals surface area contributed by atoms with Crippen molar-refractivity contribution < 1.29 is 19.4 Å². The number of benzene rings is 2. The molecule has 1 unspecified atom stereocenters. The van der Waals surface area contributed by atoms with E-state index in [1.54, 1.807) is 36.4 Å². The number of ether oxygens (including phenoxy) is 2. The molecule has 0 aromatic heterocycles. The maximum Gasteiger partial charge on any atom is 0.338 e. The zero-order valence-corrected chi connectivity index (χ0v) is 12.0. The fourth-order valence-corrected chi connectivity index (χ4v) is 1.72. The van der Waals surface area contributed by atoms with Crippen molar-refractivity contribution in [3.8, 4) is 5.75 Å². The van der Waals surface area contributed by atoms with Crippen LogP contribution in [0.15, 0.2) is 54.6 Å². The minimum Gasteiger partial charge on any atom is -0.491 e. The number of esters is 1. The third kappa shape index (κ3) is 5.10. The van der Waals surface area contributed by atoms with E-state index in [-0.39, 0.29) is 13.2 Å². The monoisotopic (exact) mass is 306 g/mol. The average molecular weight is 307 g/mol. The van der Waals surface area contributed by atoms with Gasteiger partial charge >= 0.3 is 5.97 Å². The van der Waals surface area contributed by atoms with Gasteiger partial charge in [-0.1, -0.05) is 29.8 Å². The molecule has 0 fully saturated rings. The van der Waals surface area contributed by atoms with E-state index >= 15 is 0 Å². The molecule has 5 heteroatoms. The molecule has 21 heavy (non-hydrogen) atoms. The minimum atomic E-state index is -0.888. The fraction of sp³-hybridized carbons (Fsp3) is 0.188. The van der Waals surface area contributed by atoms with Crippen molar-refractivity contribution in [3.63, 3.8) is 0 Å². The lowest BCUT2D eigenvalue weighted by atomic mass is 10.2. The maximum absolute atomic E-state index is 11.7. The first-order valence-corrected chi connectivity index (χ1v) is 6.81. The van der Waals surface area contributed by atoms with Gasteiger partial charge in [0.1, 0.15) is 25.1 Å². The van der Waals surface area contributed by atoms with Crippen LogP contribution in [0.4, 0.5) is 0 Å². The molecule has 0 saturated carbocycles. The summed E-state index contributed by atoms with van der Waals surface area (Å²) >= 11 is 5.73. The van der Waals surface area contributed by atoms with Crippen LogP contribution >= 0.6 is 11.6 Å². The zero-order chi connectivity index (χ0) is 15.1. The first-order valence-electron chi connectivity index (χ1n) is 6.44. The molecular formula is C16H15ClO4. The van der Waals surface area contributed by atoms with Gasteiger partial charge in [0.05, 0.1) is 5.56 Å². The third-order valence-electron chi connectivity index (χ3n) is 2.67. The van der Waals surface area contributed by atoms with Crippen molar-refractivity contribution in [2.24, 2.45) is 0 Å². The van der Waals surface area contributed by atoms with Crippen LogP contribution in [0.1, 0.15) is 10.4 Å². The van der Waals surface area contributed by atoms with E-state index < -0.39 is 12.1 Å². The molecule has 0 aliphatic heterocycles. The van der Waals surface area contributed by atoms with Crippen LogP contribution in [-0.4, -0.2) is 30.4 Å². The smallest absolute Gasteiger partial charge is 0.338 e. The highest BCUT2D eigenvalue weighted by molar-refractivity contribution is 6.30. The quantitative estimate of drug-likeness (QED) is 0.834. The Morgan fingerprint density at radius 2 is 1.71 bits per heavy atom. The highest BCUT2D eigenvalue weighted by Crippen LogP contribution is 2.11. The van der Waals surface area contributed by atoms with Crippen LogP contribution in [0.3, 0.4) is 0 Å². The second kappa shape index (κ2) is 7.67. The van der Waals surface area contributed by atoms with Crippen molar-refractivity contribution in [2.45, 2.75) is 6.10 Å². The van der Waals surface area contributed by atoms with Crippen molar-refractivity contribution in [1.82, 2.24) is 0 Å². The molecule has 0 spiro atoms. The molecule has 0 saturated heterocycles. The topological polar surface area (TPSA) is 55.8 Å². The van der Waals surface area contributed by atoms with Crippen LogP contribution in [0.2, 0.25) is 5.02 Å².